The summed E-state index contributed by atoms with van der Waals surface area (Å²) in [4.78, 5) is 17.5. The Balaban J connectivity index is 2.00. The molecule has 0 saturated carbocycles. The smallest absolute Gasteiger partial charge is 0.232 e. The Kier molecular flexibility index (Phi) is 7.31. The van der Waals surface area contributed by atoms with Crippen LogP contribution in [0, 0.1) is 18.8 Å². The Morgan fingerprint density at radius 1 is 1.10 bits per heavy atom. The lowest BCUT2D eigenvalue weighted by atomic mass is 9.81. The number of hydrogen-bond acceptors (Lipinski definition) is 4. The van der Waals surface area contributed by atoms with Gasteiger partial charge in [-0.2, -0.15) is 0 Å². The molecular formula is C26H34N2O3. The zero-order valence-corrected chi connectivity index (χ0v) is 18.8. The van der Waals surface area contributed by atoms with Crippen LogP contribution in [0.5, 0.6) is 0 Å². The molecule has 1 aliphatic heterocycles. The molecule has 0 bridgehead atoms. The van der Waals surface area contributed by atoms with Crippen LogP contribution in [0.25, 0.3) is 0 Å². The van der Waals surface area contributed by atoms with Gasteiger partial charge in [0.1, 0.15) is 0 Å². The number of aliphatic hydroxyl groups is 2. The number of nitrogens with zero attached hydrogens (tertiary/aromatic N) is 2. The van der Waals surface area contributed by atoms with Crippen LogP contribution >= 0.6 is 0 Å². The van der Waals surface area contributed by atoms with E-state index in [0.717, 1.165) is 11.3 Å². The van der Waals surface area contributed by atoms with E-state index >= 15 is 0 Å². The van der Waals surface area contributed by atoms with Gasteiger partial charge in [0.2, 0.25) is 5.91 Å². The van der Waals surface area contributed by atoms with Crippen molar-refractivity contribution >= 4 is 11.6 Å². The highest BCUT2D eigenvalue weighted by Gasteiger charge is 2.54. The molecule has 5 nitrogen and oxygen atoms in total. The van der Waals surface area contributed by atoms with Crippen molar-refractivity contribution in [3.63, 3.8) is 0 Å². The van der Waals surface area contributed by atoms with E-state index < -0.39 is 24.0 Å². The maximum absolute atomic E-state index is 13.7. The third-order valence-electron chi connectivity index (χ3n) is 6.48. The molecule has 166 valence electrons. The van der Waals surface area contributed by atoms with Crippen LogP contribution in [0.2, 0.25) is 0 Å². The number of benzene rings is 2. The first-order chi connectivity index (χ1) is 14.8. The number of carbonyl (C=O) groups excluding carboxylic acids is 1. The molecule has 1 amide bonds. The molecule has 1 heterocycles. The molecule has 2 aromatic carbocycles. The normalized spacial score (nSPS) is 25.7. The second kappa shape index (κ2) is 9.77. The summed E-state index contributed by atoms with van der Waals surface area (Å²) in [6.07, 6.45) is 0.309. The summed E-state index contributed by atoms with van der Waals surface area (Å²) in [5.41, 5.74) is 3.07. The van der Waals surface area contributed by atoms with Gasteiger partial charge < -0.3 is 15.1 Å². The van der Waals surface area contributed by atoms with Crippen molar-refractivity contribution < 1.29 is 15.0 Å². The first-order valence-corrected chi connectivity index (χ1v) is 10.9. The fourth-order valence-electron chi connectivity index (χ4n) is 4.96. The van der Waals surface area contributed by atoms with E-state index in [1.807, 2.05) is 37.3 Å². The molecule has 1 fully saturated rings. The van der Waals surface area contributed by atoms with Gasteiger partial charge in [-0.3, -0.25) is 9.69 Å². The lowest BCUT2D eigenvalue weighted by Crippen LogP contribution is -2.45. The van der Waals surface area contributed by atoms with Gasteiger partial charge in [0.05, 0.1) is 18.1 Å². The van der Waals surface area contributed by atoms with Gasteiger partial charge in [-0.1, -0.05) is 54.1 Å². The van der Waals surface area contributed by atoms with Gasteiger partial charge in [-0.05, 0) is 38.5 Å². The Bertz CT molecular complexity index is 879. The molecule has 5 heteroatoms. The highest BCUT2D eigenvalue weighted by atomic mass is 16.3. The van der Waals surface area contributed by atoms with Gasteiger partial charge >= 0.3 is 0 Å². The van der Waals surface area contributed by atoms with Gasteiger partial charge in [-0.25, -0.2) is 0 Å². The summed E-state index contributed by atoms with van der Waals surface area (Å²) >= 11 is 0. The van der Waals surface area contributed by atoms with E-state index in [9.17, 15) is 15.0 Å². The summed E-state index contributed by atoms with van der Waals surface area (Å²) < 4.78 is 0. The van der Waals surface area contributed by atoms with Crippen LogP contribution in [0.1, 0.15) is 25.0 Å². The molecule has 2 aromatic rings. The number of anilines is 1. The van der Waals surface area contributed by atoms with Crippen LogP contribution in [-0.4, -0.2) is 52.4 Å². The number of rotatable bonds is 7. The van der Waals surface area contributed by atoms with Crippen LogP contribution in [-0.2, 0) is 11.3 Å². The Hall–Kier alpha value is -2.47. The summed E-state index contributed by atoms with van der Waals surface area (Å²) in [5.74, 6) is -1.03. The lowest BCUT2D eigenvalue weighted by molar-refractivity contribution is -0.125. The average Bonchev–Trinajstić information content (AvgIpc) is 3.09. The molecule has 0 spiro atoms. The second-order valence-electron chi connectivity index (χ2n) is 8.69. The summed E-state index contributed by atoms with van der Waals surface area (Å²) in [6, 6.07) is 17.1. The minimum absolute atomic E-state index is 0.0842. The zero-order valence-electron chi connectivity index (χ0n) is 18.8. The van der Waals surface area contributed by atoms with Crippen molar-refractivity contribution in [3.05, 3.63) is 78.4 Å². The fourth-order valence-corrected chi connectivity index (χ4v) is 4.96. The van der Waals surface area contributed by atoms with E-state index in [-0.39, 0.29) is 18.0 Å². The predicted molar refractivity (Wildman–Crippen MR) is 125 cm³/mol. The quantitative estimate of drug-likeness (QED) is 0.672. The molecule has 31 heavy (non-hydrogen) atoms. The van der Waals surface area contributed by atoms with Gasteiger partial charge in [0.25, 0.3) is 0 Å². The number of para-hydroxylation sites is 1. The standard InChI is InChI=1S/C26H34N2O3/c1-6-22-24(26(31)27(5)21-10-8-7-9-11-21)23(18(3)29)25(19(4)30)28(22)16-20-14-12-17(2)13-15-20/h6-15,18-19,22-25,29-30H,1,16H2,2-5H3. The predicted octanol–water partition coefficient (Wildman–Crippen LogP) is 3.39. The van der Waals surface area contributed by atoms with E-state index in [4.69, 9.17) is 0 Å². The van der Waals surface area contributed by atoms with Crippen LogP contribution in [0.4, 0.5) is 5.69 Å². The Morgan fingerprint density at radius 3 is 2.23 bits per heavy atom. The molecule has 3 rings (SSSR count). The SMILES string of the molecule is C=CC1C(C(=O)N(C)c2ccccc2)C(C(C)O)C(C(C)O)N1Cc1ccc(C)cc1. The number of carbonyl (C=O) groups is 1. The number of hydrogen-bond donors (Lipinski definition) is 2. The number of aryl methyl sites for hydroxylation is 1. The van der Waals surface area contributed by atoms with E-state index in [1.54, 1.807) is 31.9 Å². The molecule has 1 saturated heterocycles. The van der Waals surface area contributed by atoms with Crippen LogP contribution < -0.4 is 4.90 Å². The number of aliphatic hydroxyl groups excluding tert-OH is 2. The third-order valence-corrected chi connectivity index (χ3v) is 6.48. The first-order valence-electron chi connectivity index (χ1n) is 10.9. The summed E-state index contributed by atoms with van der Waals surface area (Å²) in [5, 5.41) is 21.5. The first kappa shape index (κ1) is 23.2. The lowest BCUT2D eigenvalue weighted by Gasteiger charge is -2.33. The topological polar surface area (TPSA) is 64.0 Å². The highest BCUT2D eigenvalue weighted by molar-refractivity contribution is 5.95. The Labute approximate surface area is 185 Å². The molecule has 6 atom stereocenters. The van der Waals surface area contributed by atoms with E-state index in [2.05, 4.69) is 35.7 Å². The molecule has 0 aromatic heterocycles. The van der Waals surface area contributed by atoms with Crippen molar-refractivity contribution in [1.82, 2.24) is 4.90 Å². The summed E-state index contributed by atoms with van der Waals surface area (Å²) in [6.45, 7) is 10.1. The number of amides is 1. The maximum Gasteiger partial charge on any atom is 0.232 e. The molecule has 0 aliphatic carbocycles. The molecule has 2 N–H and O–H groups in total. The average molecular weight is 423 g/mol. The summed E-state index contributed by atoms with van der Waals surface area (Å²) in [7, 11) is 1.76. The van der Waals surface area contributed by atoms with Gasteiger partial charge in [0, 0.05) is 37.3 Å². The van der Waals surface area contributed by atoms with Crippen LogP contribution in [0.3, 0.4) is 0 Å². The second-order valence-corrected chi connectivity index (χ2v) is 8.69. The van der Waals surface area contributed by atoms with E-state index in [1.165, 1.54) is 5.56 Å². The molecular weight excluding hydrogens is 388 g/mol. The molecule has 6 unspecified atom stereocenters. The van der Waals surface area contributed by atoms with E-state index in [0.29, 0.717) is 6.54 Å². The van der Waals surface area contributed by atoms with Crippen molar-refractivity contribution in [1.29, 1.82) is 0 Å². The molecule has 0 radical (unpaired) electrons. The van der Waals surface area contributed by atoms with Gasteiger partial charge in [0.15, 0.2) is 0 Å². The monoisotopic (exact) mass is 422 g/mol. The van der Waals surface area contributed by atoms with Crippen molar-refractivity contribution in [2.75, 3.05) is 11.9 Å². The van der Waals surface area contributed by atoms with Crippen molar-refractivity contribution in [2.45, 2.75) is 51.6 Å². The minimum Gasteiger partial charge on any atom is -0.393 e. The van der Waals surface area contributed by atoms with Crippen molar-refractivity contribution in [3.8, 4) is 0 Å². The Morgan fingerprint density at radius 2 is 1.71 bits per heavy atom. The van der Waals surface area contributed by atoms with Crippen molar-refractivity contribution in [2.24, 2.45) is 11.8 Å². The largest absolute Gasteiger partial charge is 0.393 e. The molecule has 1 aliphatic rings. The van der Waals surface area contributed by atoms with Gasteiger partial charge in [-0.15, -0.1) is 6.58 Å². The number of likely N-dealkylation sites (tertiary alicyclic amines) is 1. The third kappa shape index (κ3) is 4.74. The minimum atomic E-state index is -0.761. The highest BCUT2D eigenvalue weighted by Crippen LogP contribution is 2.42. The maximum atomic E-state index is 13.7. The van der Waals surface area contributed by atoms with Crippen LogP contribution in [0.15, 0.2) is 67.3 Å². The fraction of sp³-hybridized carbons (Fsp3) is 0.423. The zero-order chi connectivity index (χ0) is 22.7.